The van der Waals surface area contributed by atoms with Gasteiger partial charge in [0, 0.05) is 16.5 Å². The van der Waals surface area contributed by atoms with E-state index in [2.05, 4.69) is 5.10 Å². The first-order valence-corrected chi connectivity index (χ1v) is 8.51. The minimum atomic E-state index is -4.66. The molecule has 0 atom stereocenters. The Morgan fingerprint density at radius 2 is 1.55 bits per heavy atom. The van der Waals surface area contributed by atoms with E-state index in [1.807, 2.05) is 0 Å². The van der Waals surface area contributed by atoms with Gasteiger partial charge in [-0.25, -0.2) is 13.2 Å². The van der Waals surface area contributed by atoms with Crippen molar-refractivity contribution in [2.24, 2.45) is 0 Å². The third kappa shape index (κ3) is 3.46. The van der Waals surface area contributed by atoms with Gasteiger partial charge in [0.05, 0.1) is 17.8 Å². The summed E-state index contributed by atoms with van der Waals surface area (Å²) in [6, 6.07) is 12.3. The molecule has 8 heteroatoms. The van der Waals surface area contributed by atoms with Crippen LogP contribution in [0.1, 0.15) is 11.1 Å². The van der Waals surface area contributed by atoms with Gasteiger partial charge in [-0.15, -0.1) is 0 Å². The van der Waals surface area contributed by atoms with Crippen LogP contribution < -0.4 is 0 Å². The van der Waals surface area contributed by atoms with Gasteiger partial charge in [-0.05, 0) is 30.3 Å². The zero-order valence-corrected chi connectivity index (χ0v) is 14.6. The molecule has 0 amide bonds. The van der Waals surface area contributed by atoms with Gasteiger partial charge in [0.25, 0.3) is 0 Å². The Morgan fingerprint density at radius 3 is 2.24 bits per heavy atom. The van der Waals surface area contributed by atoms with E-state index in [9.17, 15) is 26.3 Å². The van der Waals surface area contributed by atoms with Gasteiger partial charge in [-0.3, -0.25) is 4.68 Å². The Hall–Kier alpha value is -3.29. The van der Waals surface area contributed by atoms with Gasteiger partial charge in [0.15, 0.2) is 11.6 Å². The molecule has 0 fully saturated rings. The van der Waals surface area contributed by atoms with Crippen LogP contribution >= 0.6 is 0 Å². The highest BCUT2D eigenvalue weighted by Gasteiger charge is 2.34. The molecule has 1 heterocycles. The SMILES string of the molecule is Fc1ccc(-c2c3cccc(C(F)(F)F)c3nn2Cc2ccccc2F)cc1F. The van der Waals surface area contributed by atoms with Crippen molar-refractivity contribution in [1.82, 2.24) is 9.78 Å². The van der Waals surface area contributed by atoms with Gasteiger partial charge in [0.2, 0.25) is 0 Å². The van der Waals surface area contributed by atoms with Crippen LogP contribution in [0.4, 0.5) is 26.3 Å². The Kier molecular flexibility index (Phi) is 4.56. The summed E-state index contributed by atoms with van der Waals surface area (Å²) in [5.74, 6) is -2.80. The summed E-state index contributed by atoms with van der Waals surface area (Å²) in [5, 5.41) is 4.16. The molecule has 3 aromatic carbocycles. The van der Waals surface area contributed by atoms with Crippen LogP contribution in [0.2, 0.25) is 0 Å². The molecule has 4 aromatic rings. The Labute approximate surface area is 161 Å². The van der Waals surface area contributed by atoms with Crippen molar-refractivity contribution >= 4 is 10.9 Å². The van der Waals surface area contributed by atoms with Crippen molar-refractivity contribution in [2.45, 2.75) is 12.7 Å². The number of aromatic nitrogens is 2. The van der Waals surface area contributed by atoms with E-state index in [0.29, 0.717) is 0 Å². The monoisotopic (exact) mass is 406 g/mol. The summed E-state index contributed by atoms with van der Waals surface area (Å²) in [4.78, 5) is 0. The molecule has 0 N–H and O–H groups in total. The number of halogens is 6. The molecule has 0 bridgehead atoms. The molecule has 0 aliphatic carbocycles. The molecule has 0 saturated heterocycles. The second-order valence-electron chi connectivity index (χ2n) is 6.43. The van der Waals surface area contributed by atoms with Crippen LogP contribution in [0.25, 0.3) is 22.2 Å². The van der Waals surface area contributed by atoms with E-state index in [-0.39, 0.29) is 34.3 Å². The van der Waals surface area contributed by atoms with Crippen LogP contribution in [-0.2, 0) is 12.7 Å². The number of fused-ring (bicyclic) bond motifs is 1. The molecule has 4 rings (SSSR count). The maximum atomic E-state index is 14.1. The van der Waals surface area contributed by atoms with Crippen molar-refractivity contribution in [1.29, 1.82) is 0 Å². The maximum absolute atomic E-state index is 14.1. The smallest absolute Gasteiger partial charge is 0.259 e. The van der Waals surface area contributed by atoms with E-state index in [0.717, 1.165) is 18.2 Å². The lowest BCUT2D eigenvalue weighted by Gasteiger charge is -2.09. The fraction of sp³-hybridized carbons (Fsp3) is 0.0952. The van der Waals surface area contributed by atoms with Crippen molar-refractivity contribution in [3.8, 4) is 11.3 Å². The number of benzene rings is 3. The van der Waals surface area contributed by atoms with E-state index >= 15 is 0 Å². The molecule has 29 heavy (non-hydrogen) atoms. The normalized spacial score (nSPS) is 11.9. The van der Waals surface area contributed by atoms with Crippen LogP contribution in [0.3, 0.4) is 0 Å². The highest BCUT2D eigenvalue weighted by atomic mass is 19.4. The number of nitrogens with zero attached hydrogens (tertiary/aromatic N) is 2. The Morgan fingerprint density at radius 1 is 0.793 bits per heavy atom. The lowest BCUT2D eigenvalue weighted by molar-refractivity contribution is -0.136. The maximum Gasteiger partial charge on any atom is 0.418 e. The molecule has 148 valence electrons. The summed E-state index contributed by atoms with van der Waals surface area (Å²) in [6.45, 7) is -0.188. The van der Waals surface area contributed by atoms with Crippen molar-refractivity contribution in [2.75, 3.05) is 0 Å². The molecule has 1 aromatic heterocycles. The number of hydrogen-bond donors (Lipinski definition) is 0. The highest BCUT2D eigenvalue weighted by Crippen LogP contribution is 2.38. The van der Waals surface area contributed by atoms with E-state index < -0.39 is 29.2 Å². The van der Waals surface area contributed by atoms with Crippen LogP contribution in [0, 0.1) is 17.5 Å². The number of alkyl halides is 3. The summed E-state index contributed by atoms with van der Waals surface area (Å²) in [6.07, 6.45) is -4.66. The zero-order chi connectivity index (χ0) is 20.8. The molecule has 0 saturated carbocycles. The first-order chi connectivity index (χ1) is 13.8. The van der Waals surface area contributed by atoms with Crippen molar-refractivity contribution < 1.29 is 26.3 Å². The lowest BCUT2D eigenvalue weighted by atomic mass is 10.0. The predicted octanol–water partition coefficient (Wildman–Crippen LogP) is 6.19. The molecule has 2 nitrogen and oxygen atoms in total. The Balaban J connectivity index is 2.00. The third-order valence-electron chi connectivity index (χ3n) is 4.55. The van der Waals surface area contributed by atoms with Gasteiger partial charge >= 0.3 is 6.18 Å². The minimum Gasteiger partial charge on any atom is -0.259 e. The van der Waals surface area contributed by atoms with Crippen molar-refractivity contribution in [3.63, 3.8) is 0 Å². The molecular formula is C21H12F6N2. The first kappa shape index (κ1) is 19.0. The summed E-state index contributed by atoms with van der Waals surface area (Å²) >= 11 is 0. The fourth-order valence-electron chi connectivity index (χ4n) is 3.23. The number of rotatable bonds is 3. The van der Waals surface area contributed by atoms with E-state index in [1.54, 1.807) is 6.07 Å². The van der Waals surface area contributed by atoms with Crippen LogP contribution in [0.15, 0.2) is 60.7 Å². The quantitative estimate of drug-likeness (QED) is 0.371. The van der Waals surface area contributed by atoms with Gasteiger partial charge in [-0.1, -0.05) is 30.3 Å². The number of hydrogen-bond acceptors (Lipinski definition) is 1. The molecule has 0 spiro atoms. The Bertz CT molecular complexity index is 1210. The average Bonchev–Trinajstić information content (AvgIpc) is 3.03. The lowest BCUT2D eigenvalue weighted by Crippen LogP contribution is -2.07. The third-order valence-corrected chi connectivity index (χ3v) is 4.55. The standard InChI is InChI=1S/C21H12F6N2/c22-16-7-2-1-4-13(16)11-29-20(12-8-9-17(23)18(24)10-12)14-5-3-6-15(19(14)28-29)21(25,26)27/h1-10H,11H2. The summed E-state index contributed by atoms with van der Waals surface area (Å²) in [5.41, 5.74) is -0.866. The van der Waals surface area contributed by atoms with E-state index in [1.165, 1.54) is 41.1 Å². The largest absolute Gasteiger partial charge is 0.418 e. The van der Waals surface area contributed by atoms with Gasteiger partial charge in [-0.2, -0.15) is 18.3 Å². The molecule has 0 aliphatic rings. The fourth-order valence-corrected chi connectivity index (χ4v) is 3.23. The topological polar surface area (TPSA) is 17.8 Å². The zero-order valence-electron chi connectivity index (χ0n) is 14.6. The second-order valence-corrected chi connectivity index (χ2v) is 6.43. The molecule has 0 radical (unpaired) electrons. The predicted molar refractivity (Wildman–Crippen MR) is 95.6 cm³/mol. The second kappa shape index (κ2) is 6.95. The van der Waals surface area contributed by atoms with Crippen LogP contribution in [0.5, 0.6) is 0 Å². The van der Waals surface area contributed by atoms with Gasteiger partial charge < -0.3 is 0 Å². The first-order valence-electron chi connectivity index (χ1n) is 8.51. The minimum absolute atomic E-state index is 0.0992. The molecule has 0 unspecified atom stereocenters. The highest BCUT2D eigenvalue weighted by molar-refractivity contribution is 5.95. The summed E-state index contributed by atoms with van der Waals surface area (Å²) < 4.78 is 82.8. The average molecular weight is 406 g/mol. The van der Waals surface area contributed by atoms with Gasteiger partial charge in [0.1, 0.15) is 11.3 Å². The van der Waals surface area contributed by atoms with E-state index in [4.69, 9.17) is 0 Å². The summed E-state index contributed by atoms with van der Waals surface area (Å²) in [7, 11) is 0. The molecular weight excluding hydrogens is 394 g/mol. The van der Waals surface area contributed by atoms with Crippen molar-refractivity contribution in [3.05, 3.63) is 89.2 Å². The van der Waals surface area contributed by atoms with Crippen LogP contribution in [-0.4, -0.2) is 9.78 Å². The molecule has 0 aliphatic heterocycles.